The Hall–Kier alpha value is -1.31. The SMILES string of the molecule is O=C(CNC1(C(=O)O)CCC1)NCC(F)(F)F. The van der Waals surface area contributed by atoms with Crippen molar-refractivity contribution in [2.45, 2.75) is 31.0 Å². The standard InChI is InChI=1S/C9H13F3N2O3/c10-9(11,12)5-13-6(15)4-14-8(7(16)17)2-1-3-8/h14H,1-5H2,(H,13,15)(H,16,17). The molecule has 0 spiro atoms. The molecule has 1 rings (SSSR count). The normalized spacial score (nSPS) is 18.3. The van der Waals surface area contributed by atoms with Crippen LogP contribution < -0.4 is 10.6 Å². The third-order valence-corrected chi connectivity index (χ3v) is 2.69. The fourth-order valence-corrected chi connectivity index (χ4v) is 1.51. The molecule has 0 atom stereocenters. The Balaban J connectivity index is 2.30. The van der Waals surface area contributed by atoms with Crippen molar-refractivity contribution in [3.8, 4) is 0 Å². The van der Waals surface area contributed by atoms with Crippen molar-refractivity contribution < 1.29 is 27.9 Å². The fraction of sp³-hybridized carbons (Fsp3) is 0.778. The van der Waals surface area contributed by atoms with Gasteiger partial charge in [-0.25, -0.2) is 0 Å². The largest absolute Gasteiger partial charge is 0.480 e. The molecule has 1 amide bonds. The number of hydrogen-bond acceptors (Lipinski definition) is 3. The number of alkyl halides is 3. The molecule has 1 aliphatic carbocycles. The maximum atomic E-state index is 11.8. The number of carbonyl (C=O) groups is 2. The lowest BCUT2D eigenvalue weighted by Gasteiger charge is -2.38. The van der Waals surface area contributed by atoms with Crippen LogP contribution in [0.3, 0.4) is 0 Å². The molecule has 1 fully saturated rings. The van der Waals surface area contributed by atoms with Crippen LogP contribution in [0.25, 0.3) is 0 Å². The molecule has 0 aromatic heterocycles. The second-order valence-electron chi connectivity index (χ2n) is 3.99. The van der Waals surface area contributed by atoms with Gasteiger partial charge >= 0.3 is 12.1 Å². The lowest BCUT2D eigenvalue weighted by Crippen LogP contribution is -2.59. The Morgan fingerprint density at radius 1 is 1.29 bits per heavy atom. The number of halogens is 3. The summed E-state index contributed by atoms with van der Waals surface area (Å²) in [6.45, 7) is -1.84. The summed E-state index contributed by atoms with van der Waals surface area (Å²) < 4.78 is 35.3. The number of carbonyl (C=O) groups excluding carboxylic acids is 1. The second kappa shape index (κ2) is 4.91. The zero-order valence-electron chi connectivity index (χ0n) is 8.93. The van der Waals surface area contributed by atoms with Crippen molar-refractivity contribution in [1.82, 2.24) is 10.6 Å². The summed E-state index contributed by atoms with van der Waals surface area (Å²) in [6.07, 6.45) is -2.97. The molecule has 3 N–H and O–H groups in total. The topological polar surface area (TPSA) is 78.4 Å². The average Bonchev–Trinajstić information content (AvgIpc) is 2.11. The van der Waals surface area contributed by atoms with Crippen LogP contribution in [0.15, 0.2) is 0 Å². The van der Waals surface area contributed by atoms with E-state index >= 15 is 0 Å². The molecule has 0 saturated heterocycles. The minimum Gasteiger partial charge on any atom is -0.480 e. The molecule has 0 aliphatic heterocycles. The van der Waals surface area contributed by atoms with Crippen LogP contribution in [0.5, 0.6) is 0 Å². The number of rotatable bonds is 5. The predicted molar refractivity (Wildman–Crippen MR) is 51.3 cm³/mol. The van der Waals surface area contributed by atoms with E-state index in [2.05, 4.69) is 5.32 Å². The number of carboxylic acid groups (broad SMARTS) is 1. The molecule has 0 unspecified atom stereocenters. The summed E-state index contributed by atoms with van der Waals surface area (Å²) in [5.41, 5.74) is -1.14. The Morgan fingerprint density at radius 3 is 2.24 bits per heavy atom. The van der Waals surface area contributed by atoms with E-state index in [9.17, 15) is 22.8 Å². The highest BCUT2D eigenvalue weighted by Gasteiger charge is 2.44. The van der Waals surface area contributed by atoms with Crippen LogP contribution in [0.4, 0.5) is 13.2 Å². The van der Waals surface area contributed by atoms with Crippen molar-refractivity contribution in [1.29, 1.82) is 0 Å². The smallest absolute Gasteiger partial charge is 0.405 e. The maximum absolute atomic E-state index is 11.8. The number of hydrogen-bond donors (Lipinski definition) is 3. The van der Waals surface area contributed by atoms with Gasteiger partial charge in [0.1, 0.15) is 12.1 Å². The molecule has 8 heteroatoms. The van der Waals surface area contributed by atoms with E-state index < -0.39 is 36.7 Å². The first-order valence-electron chi connectivity index (χ1n) is 5.07. The molecular formula is C9H13F3N2O3. The van der Waals surface area contributed by atoms with Crippen LogP contribution >= 0.6 is 0 Å². The van der Waals surface area contributed by atoms with Gasteiger partial charge in [0.25, 0.3) is 0 Å². The van der Waals surface area contributed by atoms with E-state index in [4.69, 9.17) is 5.11 Å². The molecule has 0 aromatic rings. The zero-order chi connectivity index (χ0) is 13.1. The van der Waals surface area contributed by atoms with Gasteiger partial charge < -0.3 is 10.4 Å². The van der Waals surface area contributed by atoms with Gasteiger partial charge in [0.2, 0.25) is 5.91 Å². The van der Waals surface area contributed by atoms with Crippen molar-refractivity contribution >= 4 is 11.9 Å². The molecule has 0 bridgehead atoms. The first kappa shape index (κ1) is 13.8. The molecule has 17 heavy (non-hydrogen) atoms. The highest BCUT2D eigenvalue weighted by molar-refractivity contribution is 5.83. The van der Waals surface area contributed by atoms with E-state index in [1.807, 2.05) is 0 Å². The fourth-order valence-electron chi connectivity index (χ4n) is 1.51. The minimum atomic E-state index is -4.46. The summed E-state index contributed by atoms with van der Waals surface area (Å²) in [4.78, 5) is 21.9. The number of amides is 1. The highest BCUT2D eigenvalue weighted by Crippen LogP contribution is 2.31. The van der Waals surface area contributed by atoms with Gasteiger partial charge in [-0.2, -0.15) is 13.2 Å². The lowest BCUT2D eigenvalue weighted by atomic mass is 9.77. The molecule has 1 saturated carbocycles. The first-order chi connectivity index (χ1) is 7.75. The average molecular weight is 254 g/mol. The minimum absolute atomic E-state index is 0.384. The van der Waals surface area contributed by atoms with Crippen molar-refractivity contribution in [2.75, 3.05) is 13.1 Å². The molecular weight excluding hydrogens is 241 g/mol. The van der Waals surface area contributed by atoms with E-state index in [0.717, 1.165) is 6.42 Å². The predicted octanol–water partition coefficient (Wildman–Crippen LogP) is 0.262. The molecule has 0 heterocycles. The summed E-state index contributed by atoms with van der Waals surface area (Å²) in [5, 5.41) is 13.0. The Kier molecular flexibility index (Phi) is 3.97. The molecule has 98 valence electrons. The van der Waals surface area contributed by atoms with Crippen LogP contribution in [0.2, 0.25) is 0 Å². The Morgan fingerprint density at radius 2 is 1.88 bits per heavy atom. The maximum Gasteiger partial charge on any atom is 0.405 e. The molecule has 5 nitrogen and oxygen atoms in total. The zero-order valence-corrected chi connectivity index (χ0v) is 8.93. The second-order valence-corrected chi connectivity index (χ2v) is 3.99. The van der Waals surface area contributed by atoms with Gasteiger partial charge in [0, 0.05) is 0 Å². The monoisotopic (exact) mass is 254 g/mol. The summed E-state index contributed by atoms with van der Waals surface area (Å²) in [5.74, 6) is -1.94. The van der Waals surface area contributed by atoms with Gasteiger partial charge in [0.05, 0.1) is 6.54 Å². The van der Waals surface area contributed by atoms with Crippen LogP contribution in [-0.4, -0.2) is 41.8 Å². The molecule has 0 aromatic carbocycles. The van der Waals surface area contributed by atoms with Gasteiger partial charge in [0.15, 0.2) is 0 Å². The van der Waals surface area contributed by atoms with E-state index in [0.29, 0.717) is 12.8 Å². The quantitative estimate of drug-likeness (QED) is 0.657. The lowest BCUT2D eigenvalue weighted by molar-refractivity contribution is -0.149. The van der Waals surface area contributed by atoms with Crippen LogP contribution in [-0.2, 0) is 9.59 Å². The van der Waals surface area contributed by atoms with Crippen molar-refractivity contribution in [3.63, 3.8) is 0 Å². The summed E-state index contributed by atoms with van der Waals surface area (Å²) in [6, 6.07) is 0. The Labute approximate surface area is 95.4 Å². The van der Waals surface area contributed by atoms with Crippen LogP contribution in [0, 0.1) is 0 Å². The van der Waals surface area contributed by atoms with Crippen LogP contribution in [0.1, 0.15) is 19.3 Å². The van der Waals surface area contributed by atoms with Gasteiger partial charge in [-0.15, -0.1) is 0 Å². The van der Waals surface area contributed by atoms with E-state index in [1.165, 1.54) is 0 Å². The van der Waals surface area contributed by atoms with E-state index in [1.54, 1.807) is 5.32 Å². The number of nitrogens with one attached hydrogen (secondary N) is 2. The molecule has 0 radical (unpaired) electrons. The van der Waals surface area contributed by atoms with Gasteiger partial charge in [-0.1, -0.05) is 0 Å². The summed E-state index contributed by atoms with van der Waals surface area (Å²) >= 11 is 0. The number of carboxylic acids is 1. The van der Waals surface area contributed by atoms with Gasteiger partial charge in [-0.3, -0.25) is 14.9 Å². The first-order valence-corrected chi connectivity index (χ1v) is 5.07. The number of aliphatic carboxylic acids is 1. The van der Waals surface area contributed by atoms with E-state index in [-0.39, 0.29) is 0 Å². The van der Waals surface area contributed by atoms with Gasteiger partial charge in [-0.05, 0) is 19.3 Å². The third kappa shape index (κ3) is 3.88. The molecule has 1 aliphatic rings. The third-order valence-electron chi connectivity index (χ3n) is 2.69. The highest BCUT2D eigenvalue weighted by atomic mass is 19.4. The van der Waals surface area contributed by atoms with Crippen molar-refractivity contribution in [3.05, 3.63) is 0 Å². The van der Waals surface area contributed by atoms with Crippen molar-refractivity contribution in [2.24, 2.45) is 0 Å². The Bertz CT molecular complexity index is 313. The summed E-state index contributed by atoms with van der Waals surface area (Å²) in [7, 11) is 0.